The van der Waals surface area contributed by atoms with E-state index in [4.69, 9.17) is 0 Å². The van der Waals surface area contributed by atoms with Gasteiger partial charge in [0.15, 0.2) is 0 Å². The second-order valence-corrected chi connectivity index (χ2v) is 6.37. The Balaban J connectivity index is 1.74. The van der Waals surface area contributed by atoms with Crippen LogP contribution < -0.4 is 10.0 Å². The maximum Gasteiger partial charge on any atom is 0.255 e. The van der Waals surface area contributed by atoms with Gasteiger partial charge in [-0.15, -0.1) is 0 Å². The smallest absolute Gasteiger partial charge is 0.255 e. The Morgan fingerprint density at radius 2 is 1.68 bits per heavy atom. The number of carbonyl (C=O) groups excluding carboxylic acids is 1. The van der Waals surface area contributed by atoms with Crippen LogP contribution in [0.25, 0.3) is 0 Å². The number of aromatic hydroxyl groups is 1. The van der Waals surface area contributed by atoms with Crippen molar-refractivity contribution in [3.63, 3.8) is 0 Å². The van der Waals surface area contributed by atoms with Crippen molar-refractivity contribution in [2.24, 2.45) is 0 Å². The maximum atomic E-state index is 12.4. The molecule has 0 aliphatic rings. The van der Waals surface area contributed by atoms with Gasteiger partial charge < -0.3 is 15.1 Å². The van der Waals surface area contributed by atoms with Crippen LogP contribution in [0, 0.1) is 6.92 Å². The fourth-order valence-electron chi connectivity index (χ4n) is 2.25. The van der Waals surface area contributed by atoms with Gasteiger partial charge in [0.1, 0.15) is 5.75 Å². The summed E-state index contributed by atoms with van der Waals surface area (Å²) in [5.41, 5.74) is 3.01. The van der Waals surface area contributed by atoms with Crippen LogP contribution in [0.4, 0.5) is 11.4 Å². The van der Waals surface area contributed by atoms with Gasteiger partial charge >= 0.3 is 0 Å². The number of anilines is 2. The molecule has 0 unspecified atom stereocenters. The highest BCUT2D eigenvalue weighted by Gasteiger charge is 2.10. The molecule has 3 rings (SSSR count). The molecule has 0 heterocycles. The number of aryl methyl sites for hydroxylation is 1. The molecule has 0 radical (unpaired) electrons. The van der Waals surface area contributed by atoms with Crippen molar-refractivity contribution in [2.45, 2.75) is 11.8 Å². The van der Waals surface area contributed by atoms with Crippen LogP contribution >= 0.6 is 11.9 Å². The Labute approximate surface area is 151 Å². The largest absolute Gasteiger partial charge is 0.506 e. The van der Waals surface area contributed by atoms with Crippen LogP contribution in [-0.2, 0) is 0 Å². The summed E-state index contributed by atoms with van der Waals surface area (Å²) in [5.74, 6) is 0.0289. The number of phenolic OH excluding ortho intramolecular Hbond substituents is 1. The fourth-order valence-corrected chi connectivity index (χ4v) is 3.05. The van der Waals surface area contributed by atoms with E-state index in [0.29, 0.717) is 11.3 Å². The third-order valence-electron chi connectivity index (χ3n) is 3.66. The van der Waals surface area contributed by atoms with E-state index in [0.717, 1.165) is 16.1 Å². The first-order valence-electron chi connectivity index (χ1n) is 7.81. The average Bonchev–Trinajstić information content (AvgIpc) is 2.63. The van der Waals surface area contributed by atoms with Gasteiger partial charge in [0, 0.05) is 16.1 Å². The summed E-state index contributed by atoms with van der Waals surface area (Å²) >= 11 is 1.36. The molecular weight excluding hydrogens is 332 g/mol. The molecule has 0 atom stereocenters. The van der Waals surface area contributed by atoms with Gasteiger partial charge in [-0.25, -0.2) is 0 Å². The average molecular weight is 350 g/mol. The van der Waals surface area contributed by atoms with Crippen molar-refractivity contribution < 1.29 is 9.90 Å². The lowest BCUT2D eigenvalue weighted by atomic mass is 10.1. The van der Waals surface area contributed by atoms with E-state index >= 15 is 0 Å². The highest BCUT2D eigenvalue weighted by molar-refractivity contribution is 8.00. The molecule has 3 aromatic carbocycles. The molecule has 0 bridgehead atoms. The highest BCUT2D eigenvalue weighted by Crippen LogP contribution is 2.30. The predicted octanol–water partition coefficient (Wildman–Crippen LogP) is 5.07. The summed E-state index contributed by atoms with van der Waals surface area (Å²) in [4.78, 5) is 13.3. The van der Waals surface area contributed by atoms with Crippen LogP contribution in [0.3, 0.4) is 0 Å². The van der Waals surface area contributed by atoms with Gasteiger partial charge in [-0.2, -0.15) is 0 Å². The summed E-state index contributed by atoms with van der Waals surface area (Å²) in [6.45, 7) is 1.98. The summed E-state index contributed by atoms with van der Waals surface area (Å²) < 4.78 is 3.12. The van der Waals surface area contributed by atoms with Crippen molar-refractivity contribution >= 4 is 29.2 Å². The van der Waals surface area contributed by atoms with Crippen molar-refractivity contribution in [1.82, 2.24) is 0 Å². The molecule has 0 saturated carbocycles. The van der Waals surface area contributed by atoms with Crippen LogP contribution in [0.5, 0.6) is 5.75 Å². The zero-order valence-electron chi connectivity index (χ0n) is 13.7. The number of hydrogen-bond donors (Lipinski definition) is 3. The molecule has 0 saturated heterocycles. The summed E-state index contributed by atoms with van der Waals surface area (Å²) in [5, 5.41) is 12.7. The second kappa shape index (κ2) is 7.77. The van der Waals surface area contributed by atoms with E-state index in [9.17, 15) is 9.90 Å². The van der Waals surface area contributed by atoms with Gasteiger partial charge in [0.25, 0.3) is 5.91 Å². The molecule has 25 heavy (non-hydrogen) atoms. The van der Waals surface area contributed by atoms with Crippen LogP contribution in [0.15, 0.2) is 77.7 Å². The second-order valence-electron chi connectivity index (χ2n) is 5.52. The number of phenols is 1. The van der Waals surface area contributed by atoms with Crippen LogP contribution in [0.1, 0.15) is 15.9 Å². The van der Waals surface area contributed by atoms with E-state index in [1.807, 2.05) is 55.5 Å². The van der Waals surface area contributed by atoms with Crippen molar-refractivity contribution in [1.29, 1.82) is 0 Å². The minimum Gasteiger partial charge on any atom is -0.506 e. The minimum absolute atomic E-state index is 0.157. The number of para-hydroxylation sites is 3. The fraction of sp³-hybridized carbons (Fsp3) is 0.0500. The molecular formula is C20H18N2O2S. The van der Waals surface area contributed by atoms with Crippen molar-refractivity contribution in [2.75, 3.05) is 10.0 Å². The molecule has 0 aliphatic carbocycles. The predicted molar refractivity (Wildman–Crippen MR) is 103 cm³/mol. The van der Waals surface area contributed by atoms with Crippen molar-refractivity contribution in [3.8, 4) is 5.75 Å². The standard InChI is InChI=1S/C20H18N2O2S/c1-14-11-12-15(20(24)21-16-7-3-2-4-8-16)13-19(14)25-22-17-9-5-6-10-18(17)23/h2-13,22-23H,1H3,(H,21,24). The molecule has 4 nitrogen and oxygen atoms in total. The van der Waals surface area contributed by atoms with E-state index < -0.39 is 0 Å². The molecule has 3 N–H and O–H groups in total. The lowest BCUT2D eigenvalue weighted by Gasteiger charge is -2.11. The first-order valence-corrected chi connectivity index (χ1v) is 8.63. The third kappa shape index (κ3) is 4.33. The SMILES string of the molecule is Cc1ccc(C(=O)Nc2ccccc2)cc1SNc1ccccc1O. The number of nitrogens with one attached hydrogen (secondary N) is 2. The zero-order valence-corrected chi connectivity index (χ0v) is 14.5. The lowest BCUT2D eigenvalue weighted by molar-refractivity contribution is 0.102. The van der Waals surface area contributed by atoms with E-state index in [-0.39, 0.29) is 11.7 Å². The number of carbonyl (C=O) groups is 1. The topological polar surface area (TPSA) is 61.4 Å². The van der Waals surface area contributed by atoms with Gasteiger partial charge in [0.2, 0.25) is 0 Å². The van der Waals surface area contributed by atoms with Gasteiger partial charge in [0.05, 0.1) is 5.69 Å². The molecule has 0 aromatic heterocycles. The van der Waals surface area contributed by atoms with Crippen molar-refractivity contribution in [3.05, 3.63) is 83.9 Å². The Morgan fingerprint density at radius 3 is 2.44 bits per heavy atom. The van der Waals surface area contributed by atoms with Gasteiger partial charge in [-0.3, -0.25) is 4.79 Å². The molecule has 5 heteroatoms. The normalized spacial score (nSPS) is 10.3. The number of rotatable bonds is 5. The Morgan fingerprint density at radius 1 is 0.960 bits per heavy atom. The Bertz CT molecular complexity index is 882. The third-order valence-corrected chi connectivity index (χ3v) is 4.64. The monoisotopic (exact) mass is 350 g/mol. The molecule has 3 aromatic rings. The minimum atomic E-state index is -0.157. The quantitative estimate of drug-likeness (QED) is 0.444. The van der Waals surface area contributed by atoms with Crippen LogP contribution in [-0.4, -0.2) is 11.0 Å². The van der Waals surface area contributed by atoms with Gasteiger partial charge in [-0.05, 0) is 60.8 Å². The zero-order chi connectivity index (χ0) is 17.6. The molecule has 0 aliphatic heterocycles. The first-order chi connectivity index (χ1) is 12.1. The van der Waals surface area contributed by atoms with E-state index in [2.05, 4.69) is 10.0 Å². The number of benzene rings is 3. The van der Waals surface area contributed by atoms with E-state index in [1.54, 1.807) is 24.3 Å². The molecule has 1 amide bonds. The molecule has 126 valence electrons. The van der Waals surface area contributed by atoms with Crippen LogP contribution in [0.2, 0.25) is 0 Å². The maximum absolute atomic E-state index is 12.4. The number of hydrogen-bond acceptors (Lipinski definition) is 4. The summed E-state index contributed by atoms with van der Waals surface area (Å²) in [6.07, 6.45) is 0. The number of amides is 1. The summed E-state index contributed by atoms with van der Waals surface area (Å²) in [7, 11) is 0. The molecule has 0 spiro atoms. The molecule has 0 fully saturated rings. The first kappa shape index (κ1) is 16.9. The highest BCUT2D eigenvalue weighted by atomic mass is 32.2. The van der Waals surface area contributed by atoms with Gasteiger partial charge in [-0.1, -0.05) is 36.4 Å². The summed E-state index contributed by atoms with van der Waals surface area (Å²) in [6, 6.07) is 21.9. The lowest BCUT2D eigenvalue weighted by Crippen LogP contribution is -2.12. The Hall–Kier alpha value is -2.92. The van der Waals surface area contributed by atoms with E-state index in [1.165, 1.54) is 11.9 Å². The Kier molecular flexibility index (Phi) is 5.26.